The molecular formula is C68H91N19O18. The SMILES string of the molecule is CC[C@H](C)[C@H](NC(=O)[C@H](Cc1ccc(O)cc1)NC(=O)[C@@H](NC(=O)[C@H](CCCN=C(N)N)NC(=O)[C@@H](N)CC(=O)O)C(C)C)C(=O)N[C@@H](Cc1cnc[nH]1)C(=O)N1CCC[C@H]1C(=O)N[C@@H](Cc1ccccc1)C(=O)N[C@@H](Cc1cnc[nH]1)C(=O)N[C@@H](CC(C)C)C(=O)Oc1ccc([N+](=O)[O-])cc1[N+](=O)[O-]. The summed E-state index contributed by atoms with van der Waals surface area (Å²) in [5, 5.41) is 64.2. The number of amides is 9. The van der Waals surface area contributed by atoms with Crippen molar-refractivity contribution in [3.63, 3.8) is 0 Å². The van der Waals surface area contributed by atoms with E-state index in [0.717, 1.165) is 12.1 Å². The van der Waals surface area contributed by atoms with Crippen molar-refractivity contribution in [2.24, 2.45) is 39.9 Å². The van der Waals surface area contributed by atoms with Crippen LogP contribution in [0.5, 0.6) is 11.5 Å². The van der Waals surface area contributed by atoms with Crippen LogP contribution in [-0.4, -0.2) is 189 Å². The van der Waals surface area contributed by atoms with Crippen LogP contribution in [0.15, 0.2) is 103 Å². The van der Waals surface area contributed by atoms with Crippen molar-refractivity contribution < 1.29 is 77.5 Å². The number of benzene rings is 3. The van der Waals surface area contributed by atoms with Crippen molar-refractivity contribution in [1.82, 2.24) is 67.4 Å². The van der Waals surface area contributed by atoms with Gasteiger partial charge >= 0.3 is 17.6 Å². The number of nitrogens with zero attached hydrogens (tertiary/aromatic N) is 6. The molecule has 0 unspecified atom stereocenters. The second-order valence-corrected chi connectivity index (χ2v) is 26.2. The fourth-order valence-corrected chi connectivity index (χ4v) is 11.4. The van der Waals surface area contributed by atoms with Crippen LogP contribution in [0.2, 0.25) is 0 Å². The van der Waals surface area contributed by atoms with E-state index in [-0.39, 0.29) is 94.9 Å². The molecule has 9 amide bonds. The first-order valence-corrected chi connectivity index (χ1v) is 34.0. The second kappa shape index (κ2) is 39.5. The number of nitrogens with two attached hydrogens (primary N) is 3. The van der Waals surface area contributed by atoms with E-state index in [0.29, 0.717) is 28.6 Å². The molecule has 3 heterocycles. The average molecular weight is 1460 g/mol. The first kappa shape index (κ1) is 82.0. The van der Waals surface area contributed by atoms with E-state index in [1.54, 1.807) is 71.9 Å². The van der Waals surface area contributed by atoms with Gasteiger partial charge in [0.25, 0.3) is 5.69 Å². The van der Waals surface area contributed by atoms with Gasteiger partial charge in [0.1, 0.15) is 60.1 Å². The van der Waals surface area contributed by atoms with Crippen LogP contribution in [0.3, 0.4) is 0 Å². The number of aromatic hydroxyl groups is 1. The summed E-state index contributed by atoms with van der Waals surface area (Å²) in [6.45, 7) is 10.0. The van der Waals surface area contributed by atoms with Gasteiger partial charge in [-0.2, -0.15) is 0 Å². The number of aromatic amines is 2. The Kier molecular flexibility index (Phi) is 30.9. The number of hydrogen-bond acceptors (Lipinski definition) is 21. The number of carbonyl (C=O) groups is 11. The highest BCUT2D eigenvalue weighted by Crippen LogP contribution is 2.32. The highest BCUT2D eigenvalue weighted by atomic mass is 16.6. The zero-order valence-electron chi connectivity index (χ0n) is 58.8. The summed E-state index contributed by atoms with van der Waals surface area (Å²) in [6, 6.07) is 2.09. The van der Waals surface area contributed by atoms with Crippen LogP contribution in [-0.2, 0) is 78.4 Å². The number of hydrogen-bond donors (Lipinski definition) is 15. The fourth-order valence-electron chi connectivity index (χ4n) is 11.4. The zero-order chi connectivity index (χ0) is 77.2. The predicted octanol–water partition coefficient (Wildman–Crippen LogP) is 0.00420. The van der Waals surface area contributed by atoms with Crippen LogP contribution in [0.1, 0.15) is 109 Å². The van der Waals surface area contributed by atoms with Gasteiger partial charge in [-0.05, 0) is 79.2 Å². The smallest absolute Gasteiger partial charge is 0.334 e. The molecular weight excluding hydrogens is 1370 g/mol. The van der Waals surface area contributed by atoms with E-state index in [4.69, 9.17) is 21.9 Å². The van der Waals surface area contributed by atoms with E-state index in [1.807, 2.05) is 0 Å². The molecule has 1 fully saturated rings. The van der Waals surface area contributed by atoms with Crippen molar-refractivity contribution in [2.45, 2.75) is 173 Å². The number of carbonyl (C=O) groups excluding carboxylic acids is 10. The summed E-state index contributed by atoms with van der Waals surface area (Å²) in [7, 11) is 0. The van der Waals surface area contributed by atoms with Gasteiger partial charge in [0, 0.05) is 68.6 Å². The van der Waals surface area contributed by atoms with E-state index in [1.165, 1.54) is 54.2 Å². The van der Waals surface area contributed by atoms with E-state index < -0.39 is 171 Å². The van der Waals surface area contributed by atoms with Gasteiger partial charge in [-0.25, -0.2) is 14.8 Å². The number of aliphatic carboxylic acids is 1. The molecule has 1 aliphatic rings. The predicted molar refractivity (Wildman–Crippen MR) is 376 cm³/mol. The van der Waals surface area contributed by atoms with Crippen molar-refractivity contribution in [2.75, 3.05) is 13.1 Å². The fraction of sp³-hybridized carbons (Fsp3) is 0.471. The Morgan fingerprint density at radius 2 is 1.19 bits per heavy atom. The number of carboxylic acids is 1. The molecule has 2 aromatic heterocycles. The number of ether oxygens (including phenoxy) is 1. The first-order valence-electron chi connectivity index (χ1n) is 34.0. The number of guanidine groups is 1. The molecule has 0 spiro atoms. The van der Waals surface area contributed by atoms with Gasteiger partial charge in [0.05, 0.1) is 41.0 Å². The Hall–Kier alpha value is -11.9. The Morgan fingerprint density at radius 3 is 1.75 bits per heavy atom. The highest BCUT2D eigenvalue weighted by molar-refractivity contribution is 5.99. The molecule has 0 radical (unpaired) electrons. The molecule has 11 atom stereocenters. The summed E-state index contributed by atoms with van der Waals surface area (Å²) in [4.78, 5) is 197. The van der Waals surface area contributed by atoms with Crippen LogP contribution in [0.4, 0.5) is 11.4 Å². The number of phenols is 1. The van der Waals surface area contributed by atoms with Crippen LogP contribution in [0, 0.1) is 38.0 Å². The third-order valence-corrected chi connectivity index (χ3v) is 17.2. The van der Waals surface area contributed by atoms with Crippen LogP contribution in [0.25, 0.3) is 0 Å². The maximum atomic E-state index is 15.2. The number of nitro groups is 2. The minimum atomic E-state index is -1.55. The molecule has 3 aromatic carbocycles. The van der Waals surface area contributed by atoms with Crippen molar-refractivity contribution in [1.29, 1.82) is 0 Å². The molecule has 5 aromatic rings. The maximum Gasteiger partial charge on any atom is 0.334 e. The minimum absolute atomic E-state index is 0.0105. The van der Waals surface area contributed by atoms with Crippen LogP contribution < -0.4 is 64.5 Å². The Balaban J connectivity index is 1.24. The summed E-state index contributed by atoms with van der Waals surface area (Å²) < 4.78 is 5.40. The van der Waals surface area contributed by atoms with E-state index in [9.17, 15) is 78.4 Å². The highest BCUT2D eigenvalue weighted by Gasteiger charge is 2.42. The second-order valence-electron chi connectivity index (χ2n) is 26.2. The minimum Gasteiger partial charge on any atom is -0.508 e. The number of nitrogens with one attached hydrogen (secondary N) is 10. The number of carboxylic acid groups (broad SMARTS) is 1. The lowest BCUT2D eigenvalue weighted by atomic mass is 9.96. The number of aliphatic imine (C=N–C) groups is 1. The molecule has 0 saturated carbocycles. The van der Waals surface area contributed by atoms with Crippen LogP contribution >= 0.6 is 0 Å². The molecule has 37 nitrogen and oxygen atoms in total. The third-order valence-electron chi connectivity index (χ3n) is 17.2. The maximum absolute atomic E-state index is 15.2. The van der Waals surface area contributed by atoms with Gasteiger partial charge in [-0.1, -0.05) is 90.4 Å². The van der Waals surface area contributed by atoms with E-state index >= 15 is 4.79 Å². The molecule has 37 heteroatoms. The van der Waals surface area contributed by atoms with Crippen molar-refractivity contribution in [3.05, 3.63) is 141 Å². The van der Waals surface area contributed by atoms with Gasteiger partial charge in [0.15, 0.2) is 5.96 Å². The van der Waals surface area contributed by atoms with Gasteiger partial charge in [-0.15, -0.1) is 0 Å². The molecule has 0 bridgehead atoms. The molecule has 105 heavy (non-hydrogen) atoms. The number of aromatic nitrogens is 4. The Morgan fingerprint density at radius 1 is 0.657 bits per heavy atom. The number of non-ortho nitro benzene ring substituents is 1. The number of esters is 1. The number of H-pyrrole nitrogens is 2. The van der Waals surface area contributed by atoms with Gasteiger partial charge in [0.2, 0.25) is 58.9 Å². The largest absolute Gasteiger partial charge is 0.508 e. The standard InChI is InChI=1S/C68H91N19O18/c1-7-38(6)57(84-62(95)48(27-40-17-20-44(88)21-18-40)80-64(97)56(37(4)5)83-59(92)46(15-11-23-74-68(70)71)77-58(91)45(69)31-55(89)90)65(98)81-50(29-42-33-73-35-76-42)66(99)85-24-12-16-52(85)63(96)79-47(26-39-13-9-8-10-14-39)60(93)78-49(28-41-32-72-34-75-41)61(94)82-51(25-36(2)3)67(100)105-54-22-19-43(86(101)102)30-53(54)87(103)104/h8-10,13-14,17-22,30,32-38,45-52,56-57,88H,7,11-12,15-16,23-29,31,69H2,1-6H3,(H,72,75)(H,73,76)(H,77,91)(H,78,93)(H,79,96)(H,80,97)(H,81,98)(H,82,94)(H,83,92)(H,84,95)(H,89,90)(H4,70,71,74)/t38-,45-,46-,47-,48-,49-,50-,51-,52-,56-,57-/m0/s1. The number of imidazole rings is 2. The molecule has 18 N–H and O–H groups in total. The Bertz CT molecular complexity index is 3870. The lowest BCUT2D eigenvalue weighted by Gasteiger charge is -2.32. The summed E-state index contributed by atoms with van der Waals surface area (Å²) in [6.07, 6.45) is 4.37. The molecule has 1 saturated heterocycles. The summed E-state index contributed by atoms with van der Waals surface area (Å²) >= 11 is 0. The number of likely N-dealkylation sites (tertiary alicyclic amines) is 1. The quantitative estimate of drug-likeness (QED) is 0.00467. The molecule has 566 valence electrons. The Labute approximate surface area is 602 Å². The van der Waals surface area contributed by atoms with E-state index in [2.05, 4.69) is 67.5 Å². The number of nitro benzene ring substituents is 2. The molecule has 6 rings (SSSR count). The lowest BCUT2D eigenvalue weighted by molar-refractivity contribution is -0.394. The normalized spacial score (nSPS) is 15.5. The number of rotatable bonds is 40. The topological polar surface area (TPSA) is 571 Å². The zero-order valence-corrected chi connectivity index (χ0v) is 58.8. The van der Waals surface area contributed by atoms with Crippen molar-refractivity contribution >= 4 is 82.4 Å². The third kappa shape index (κ3) is 25.2. The molecule has 0 aliphatic carbocycles. The molecule has 1 aliphatic heterocycles. The van der Waals surface area contributed by atoms with Crippen molar-refractivity contribution in [3.8, 4) is 11.5 Å². The first-order chi connectivity index (χ1) is 49.8. The van der Waals surface area contributed by atoms with Gasteiger partial charge in [-0.3, -0.25) is 73.2 Å². The summed E-state index contributed by atoms with van der Waals surface area (Å²) in [5.74, 6) is -13.1. The monoisotopic (exact) mass is 1460 g/mol. The summed E-state index contributed by atoms with van der Waals surface area (Å²) in [5.41, 5.74) is 16.9. The van der Waals surface area contributed by atoms with Gasteiger partial charge < -0.3 is 89.6 Å². The number of phenolic OH excluding ortho intramolecular Hbond substituents is 1. The average Bonchev–Trinajstić information content (AvgIpc) is 1.80. The lowest BCUT2D eigenvalue weighted by Crippen LogP contribution is -2.62.